The molecular formula is C24H25IN4O4S2. The Morgan fingerprint density at radius 3 is 2.77 bits per heavy atom. The first-order chi connectivity index (χ1) is 17.0. The lowest BCUT2D eigenvalue weighted by Crippen LogP contribution is -2.19. The molecule has 0 aliphatic heterocycles. The zero-order valence-electron chi connectivity index (χ0n) is 19.3. The number of rotatable bonds is 13. The average molecular weight is 625 g/mol. The number of aromatic nitrogens is 2. The molecule has 1 amide bonds. The highest BCUT2D eigenvalue weighted by Gasteiger charge is 2.12. The molecule has 35 heavy (non-hydrogen) atoms. The third kappa shape index (κ3) is 8.51. The predicted molar refractivity (Wildman–Crippen MR) is 148 cm³/mol. The molecule has 3 aromatic rings. The number of methoxy groups -OCH3 is 1. The van der Waals surface area contributed by atoms with E-state index in [-0.39, 0.29) is 11.7 Å². The minimum atomic E-state index is -0.226. The zero-order chi connectivity index (χ0) is 25.0. The van der Waals surface area contributed by atoms with E-state index >= 15 is 0 Å². The maximum Gasteiger partial charge on any atom is 0.250 e. The van der Waals surface area contributed by atoms with Crippen molar-refractivity contribution in [3.05, 3.63) is 68.8 Å². The van der Waals surface area contributed by atoms with E-state index in [1.807, 2.05) is 43.3 Å². The number of nitrogens with zero attached hydrogens (tertiary/aromatic N) is 3. The molecule has 0 bridgehead atoms. The van der Waals surface area contributed by atoms with E-state index < -0.39 is 0 Å². The van der Waals surface area contributed by atoms with Crippen molar-refractivity contribution in [1.29, 1.82) is 0 Å². The fourth-order valence-electron chi connectivity index (χ4n) is 2.89. The van der Waals surface area contributed by atoms with Gasteiger partial charge in [-0.15, -0.1) is 16.8 Å². The molecule has 0 unspecified atom stereocenters. The van der Waals surface area contributed by atoms with Gasteiger partial charge in [-0.05, 0) is 65.3 Å². The van der Waals surface area contributed by atoms with Gasteiger partial charge in [-0.1, -0.05) is 47.4 Å². The van der Waals surface area contributed by atoms with Gasteiger partial charge in [0.1, 0.15) is 24.0 Å². The third-order valence-corrected chi connectivity index (χ3v) is 7.19. The number of carbonyl (C=O) groups excluding carboxylic acids is 1. The van der Waals surface area contributed by atoms with Crippen LogP contribution in [0.3, 0.4) is 0 Å². The fraction of sp³-hybridized carbons (Fsp3) is 0.250. The highest BCUT2D eigenvalue weighted by atomic mass is 127. The molecule has 1 aromatic heterocycles. The number of amides is 1. The maximum atomic E-state index is 12.0. The Kier molecular flexibility index (Phi) is 10.8. The van der Waals surface area contributed by atoms with Crippen molar-refractivity contribution in [2.45, 2.75) is 17.7 Å². The van der Waals surface area contributed by atoms with Gasteiger partial charge >= 0.3 is 0 Å². The van der Waals surface area contributed by atoms with Crippen LogP contribution in [-0.2, 0) is 11.2 Å². The lowest BCUT2D eigenvalue weighted by Gasteiger charge is -2.15. The van der Waals surface area contributed by atoms with E-state index in [0.717, 1.165) is 36.2 Å². The van der Waals surface area contributed by atoms with Gasteiger partial charge in [0.05, 0.1) is 22.6 Å². The van der Waals surface area contributed by atoms with Crippen molar-refractivity contribution in [1.82, 2.24) is 15.6 Å². The van der Waals surface area contributed by atoms with Crippen LogP contribution in [0.1, 0.15) is 16.1 Å². The first-order valence-electron chi connectivity index (χ1n) is 10.6. The number of nitrogens with one attached hydrogen (secondary N) is 1. The van der Waals surface area contributed by atoms with E-state index in [1.165, 1.54) is 23.1 Å². The summed E-state index contributed by atoms with van der Waals surface area (Å²) in [4.78, 5) is 12.0. The van der Waals surface area contributed by atoms with E-state index in [1.54, 1.807) is 19.4 Å². The summed E-state index contributed by atoms with van der Waals surface area (Å²) in [6.07, 6.45) is 4.15. The van der Waals surface area contributed by atoms with Gasteiger partial charge in [-0.3, -0.25) is 4.79 Å². The lowest BCUT2D eigenvalue weighted by molar-refractivity contribution is -0.118. The highest BCUT2D eigenvalue weighted by molar-refractivity contribution is 14.1. The minimum absolute atomic E-state index is 0.208. The average Bonchev–Trinajstić information content (AvgIpc) is 3.27. The van der Waals surface area contributed by atoms with Crippen LogP contribution < -0.4 is 19.6 Å². The number of hydrazone groups is 1. The van der Waals surface area contributed by atoms with Gasteiger partial charge in [-0.25, -0.2) is 5.43 Å². The van der Waals surface area contributed by atoms with Crippen molar-refractivity contribution in [2.24, 2.45) is 5.10 Å². The van der Waals surface area contributed by atoms with E-state index in [0.29, 0.717) is 24.7 Å². The van der Waals surface area contributed by atoms with E-state index in [9.17, 15) is 4.79 Å². The summed E-state index contributed by atoms with van der Waals surface area (Å²) in [5.74, 6) is 2.00. The summed E-state index contributed by atoms with van der Waals surface area (Å²) in [6.45, 7) is 6.40. The Bertz CT molecular complexity index is 1190. The third-order valence-electron chi connectivity index (χ3n) is 4.41. The van der Waals surface area contributed by atoms with Gasteiger partial charge in [0.15, 0.2) is 15.8 Å². The number of aryl methyl sites for hydroxylation is 1. The predicted octanol–water partition coefficient (Wildman–Crippen LogP) is 4.89. The van der Waals surface area contributed by atoms with Gasteiger partial charge in [0, 0.05) is 0 Å². The molecule has 0 spiro atoms. The molecule has 0 saturated heterocycles. The van der Waals surface area contributed by atoms with Crippen LogP contribution in [0, 0.1) is 10.5 Å². The van der Waals surface area contributed by atoms with Crippen molar-refractivity contribution < 1.29 is 19.0 Å². The molecule has 11 heteroatoms. The number of thioether (sulfide) groups is 1. The van der Waals surface area contributed by atoms with Gasteiger partial charge < -0.3 is 14.2 Å². The molecule has 0 aliphatic carbocycles. The van der Waals surface area contributed by atoms with Crippen LogP contribution in [-0.4, -0.2) is 48.4 Å². The van der Waals surface area contributed by atoms with Crippen LogP contribution in [0.25, 0.3) is 0 Å². The normalized spacial score (nSPS) is 10.8. The molecule has 184 valence electrons. The minimum Gasteiger partial charge on any atom is -0.493 e. The number of hydrogen-bond donors (Lipinski definition) is 1. The molecule has 2 aromatic carbocycles. The van der Waals surface area contributed by atoms with Crippen molar-refractivity contribution in [2.75, 3.05) is 26.1 Å². The quantitative estimate of drug-likeness (QED) is 0.0723. The molecule has 1 heterocycles. The molecule has 8 nitrogen and oxygen atoms in total. The molecule has 1 N–H and O–H groups in total. The number of ether oxygens (including phenoxy) is 3. The smallest absolute Gasteiger partial charge is 0.250 e. The van der Waals surface area contributed by atoms with Gasteiger partial charge in [0.25, 0.3) is 5.91 Å². The van der Waals surface area contributed by atoms with Crippen LogP contribution in [0.4, 0.5) is 0 Å². The van der Waals surface area contributed by atoms with E-state index in [2.05, 4.69) is 49.9 Å². The first-order valence-corrected chi connectivity index (χ1v) is 13.4. The highest BCUT2D eigenvalue weighted by Crippen LogP contribution is 2.33. The standard InChI is InChI=1S/C24H25IN4O4S2/c1-4-7-18-8-5-6-9-20(18)32-10-11-33-23-19(25)12-17(13-21(23)31-3)14-26-28-22(30)15-34-24-29-27-16(2)35-24/h4-6,8-9,12-14H,1,7,10-11,15H2,2-3H3,(H,28,30)/b26-14-. The molecular weight excluding hydrogens is 599 g/mol. The topological polar surface area (TPSA) is 94.9 Å². The molecule has 3 rings (SSSR count). The molecule has 0 fully saturated rings. The van der Waals surface area contributed by atoms with Crippen LogP contribution in [0.2, 0.25) is 0 Å². The number of hydrogen-bond acceptors (Lipinski definition) is 9. The molecule has 0 atom stereocenters. The monoisotopic (exact) mass is 624 g/mol. The summed E-state index contributed by atoms with van der Waals surface area (Å²) in [6, 6.07) is 11.6. The second-order valence-corrected chi connectivity index (χ2v) is 10.6. The van der Waals surface area contributed by atoms with Crippen molar-refractivity contribution in [3.8, 4) is 17.2 Å². The largest absolute Gasteiger partial charge is 0.493 e. The molecule has 0 saturated carbocycles. The van der Waals surface area contributed by atoms with Crippen molar-refractivity contribution in [3.63, 3.8) is 0 Å². The maximum absolute atomic E-state index is 12.0. The Balaban J connectivity index is 1.51. The summed E-state index contributed by atoms with van der Waals surface area (Å²) < 4.78 is 18.9. The number of benzene rings is 2. The number of carbonyl (C=O) groups is 1. The summed E-state index contributed by atoms with van der Waals surface area (Å²) >= 11 is 4.95. The van der Waals surface area contributed by atoms with Crippen LogP contribution in [0.15, 0.2) is 58.5 Å². The molecule has 0 radical (unpaired) electrons. The second-order valence-electron chi connectivity index (χ2n) is 7.00. The molecule has 0 aliphatic rings. The number of para-hydroxylation sites is 1. The van der Waals surface area contributed by atoms with Crippen molar-refractivity contribution >= 4 is 57.8 Å². The van der Waals surface area contributed by atoms with Gasteiger partial charge in [-0.2, -0.15) is 5.10 Å². The Morgan fingerprint density at radius 1 is 1.23 bits per heavy atom. The number of halogens is 1. The Morgan fingerprint density at radius 2 is 2.03 bits per heavy atom. The fourth-order valence-corrected chi connectivity index (χ4v) is 5.28. The Hall–Kier alpha value is -2.64. The SMILES string of the molecule is C=CCc1ccccc1OCCOc1c(I)cc(/C=N\NC(=O)CSc2nnc(C)s2)cc1OC. The second kappa shape index (κ2) is 14.0. The summed E-state index contributed by atoms with van der Waals surface area (Å²) in [7, 11) is 1.58. The van der Waals surface area contributed by atoms with E-state index in [4.69, 9.17) is 14.2 Å². The van der Waals surface area contributed by atoms with Crippen LogP contribution >= 0.6 is 45.7 Å². The zero-order valence-corrected chi connectivity index (χ0v) is 23.1. The van der Waals surface area contributed by atoms with Gasteiger partial charge in [0.2, 0.25) is 0 Å². The number of allylic oxidation sites excluding steroid dienone is 1. The lowest BCUT2D eigenvalue weighted by atomic mass is 10.1. The Labute approximate surface area is 226 Å². The first kappa shape index (κ1) is 27.0. The summed E-state index contributed by atoms with van der Waals surface area (Å²) in [5.41, 5.74) is 4.37. The van der Waals surface area contributed by atoms with Crippen LogP contribution in [0.5, 0.6) is 17.2 Å². The summed E-state index contributed by atoms with van der Waals surface area (Å²) in [5, 5.41) is 12.8.